The Labute approximate surface area is 228 Å². The Morgan fingerprint density at radius 3 is 2.43 bits per heavy atom. The number of carbonyl (C=O) groups is 3. The van der Waals surface area contributed by atoms with Gasteiger partial charge in [-0.15, -0.1) is 0 Å². The number of amides is 2. The van der Waals surface area contributed by atoms with Crippen LogP contribution in [0.5, 0.6) is 17.2 Å². The zero-order valence-electron chi connectivity index (χ0n) is 19.5. The van der Waals surface area contributed by atoms with Crippen LogP contribution in [0.1, 0.15) is 26.3 Å². The number of hydrogen-bond donors (Lipinski definition) is 2. The van der Waals surface area contributed by atoms with E-state index < -0.39 is 23.6 Å². The molecule has 0 saturated heterocycles. The highest BCUT2D eigenvalue weighted by Gasteiger charge is 2.16. The zero-order chi connectivity index (χ0) is 26.9. The van der Waals surface area contributed by atoms with Gasteiger partial charge in [0.15, 0.2) is 17.2 Å². The molecule has 0 aliphatic carbocycles. The first kappa shape index (κ1) is 27.8. The van der Waals surface area contributed by atoms with Crippen molar-refractivity contribution in [2.24, 2.45) is 5.10 Å². The number of esters is 1. The van der Waals surface area contributed by atoms with Gasteiger partial charge in [-0.1, -0.05) is 22.0 Å². The lowest BCUT2D eigenvalue weighted by Crippen LogP contribution is -2.34. The second-order valence-corrected chi connectivity index (χ2v) is 9.02. The number of ether oxygens (including phenoxy) is 3. The monoisotopic (exact) mass is 635 g/mol. The Balaban J connectivity index is 1.64. The minimum atomic E-state index is -0.779. The maximum Gasteiger partial charge on any atom is 0.343 e. The molecule has 3 aromatic rings. The van der Waals surface area contributed by atoms with Crippen molar-refractivity contribution in [3.8, 4) is 17.2 Å². The molecule has 3 aromatic carbocycles. The summed E-state index contributed by atoms with van der Waals surface area (Å²) in [6.07, 6.45) is 1.26. The van der Waals surface area contributed by atoms with Gasteiger partial charge in [0.05, 0.1) is 37.0 Å². The Bertz CT molecular complexity index is 1370. The molecule has 0 fully saturated rings. The SMILES string of the molecule is COc1ccc(C(=O)NCC(=O)N/N=C\c2cc(Br)cc(Br)c2OC(=O)c2cccc(F)c2)cc1OC. The van der Waals surface area contributed by atoms with Gasteiger partial charge in [-0.3, -0.25) is 9.59 Å². The number of hydrogen-bond acceptors (Lipinski definition) is 7. The van der Waals surface area contributed by atoms with E-state index in [9.17, 15) is 18.8 Å². The van der Waals surface area contributed by atoms with Gasteiger partial charge in [0.2, 0.25) is 0 Å². The molecule has 0 unspecified atom stereocenters. The van der Waals surface area contributed by atoms with Gasteiger partial charge >= 0.3 is 5.97 Å². The lowest BCUT2D eigenvalue weighted by molar-refractivity contribution is -0.120. The maximum absolute atomic E-state index is 13.5. The van der Waals surface area contributed by atoms with E-state index in [0.717, 1.165) is 6.07 Å². The highest BCUT2D eigenvalue weighted by molar-refractivity contribution is 9.11. The molecule has 0 atom stereocenters. The van der Waals surface area contributed by atoms with Gasteiger partial charge in [0, 0.05) is 15.6 Å². The third-order valence-electron chi connectivity index (χ3n) is 4.74. The van der Waals surface area contributed by atoms with Crippen LogP contribution in [0.3, 0.4) is 0 Å². The van der Waals surface area contributed by atoms with Gasteiger partial charge in [-0.2, -0.15) is 5.10 Å². The summed E-state index contributed by atoms with van der Waals surface area (Å²) in [5.74, 6) is -1.51. The molecule has 3 rings (SSSR count). The number of nitrogens with zero attached hydrogens (tertiary/aromatic N) is 1. The molecule has 0 saturated carbocycles. The van der Waals surface area contributed by atoms with Crippen LogP contribution in [0.2, 0.25) is 0 Å². The molecule has 9 nitrogen and oxygen atoms in total. The van der Waals surface area contributed by atoms with Gasteiger partial charge < -0.3 is 19.5 Å². The van der Waals surface area contributed by atoms with Crippen molar-refractivity contribution in [1.82, 2.24) is 10.7 Å². The van der Waals surface area contributed by atoms with E-state index >= 15 is 0 Å². The lowest BCUT2D eigenvalue weighted by Gasteiger charge is -2.11. The Morgan fingerprint density at radius 2 is 1.73 bits per heavy atom. The van der Waals surface area contributed by atoms with Crippen molar-refractivity contribution in [2.45, 2.75) is 0 Å². The van der Waals surface area contributed by atoms with E-state index in [-0.39, 0.29) is 23.4 Å². The van der Waals surface area contributed by atoms with Crippen molar-refractivity contribution in [3.63, 3.8) is 0 Å². The topological polar surface area (TPSA) is 115 Å². The predicted molar refractivity (Wildman–Crippen MR) is 141 cm³/mol. The predicted octanol–water partition coefficient (Wildman–Crippen LogP) is 4.47. The lowest BCUT2D eigenvalue weighted by atomic mass is 10.2. The summed E-state index contributed by atoms with van der Waals surface area (Å²) in [6.45, 7) is -0.353. The fraction of sp³-hybridized carbons (Fsp3) is 0.120. The summed E-state index contributed by atoms with van der Waals surface area (Å²) in [5, 5.41) is 6.35. The van der Waals surface area contributed by atoms with Crippen LogP contribution in [0.4, 0.5) is 4.39 Å². The maximum atomic E-state index is 13.5. The van der Waals surface area contributed by atoms with Crippen molar-refractivity contribution < 1.29 is 33.0 Å². The van der Waals surface area contributed by atoms with Crippen LogP contribution in [0.15, 0.2) is 68.6 Å². The van der Waals surface area contributed by atoms with Crippen molar-refractivity contribution in [3.05, 3.63) is 86.1 Å². The molecule has 0 heterocycles. The van der Waals surface area contributed by atoms with E-state index in [4.69, 9.17) is 14.2 Å². The highest BCUT2D eigenvalue weighted by Crippen LogP contribution is 2.33. The molecular weight excluding hydrogens is 617 g/mol. The highest BCUT2D eigenvalue weighted by atomic mass is 79.9. The quantitative estimate of drug-likeness (QED) is 0.155. The third-order valence-corrected chi connectivity index (χ3v) is 5.79. The fourth-order valence-electron chi connectivity index (χ4n) is 3.00. The molecule has 0 spiro atoms. The first-order valence-corrected chi connectivity index (χ1v) is 12.1. The number of carbonyl (C=O) groups excluding carboxylic acids is 3. The second kappa shape index (κ2) is 13.0. The van der Waals surface area contributed by atoms with Crippen LogP contribution in [0, 0.1) is 5.82 Å². The summed E-state index contributed by atoms with van der Waals surface area (Å²) in [6, 6.07) is 12.9. The van der Waals surface area contributed by atoms with Crippen LogP contribution >= 0.6 is 31.9 Å². The van der Waals surface area contributed by atoms with Crippen molar-refractivity contribution in [2.75, 3.05) is 20.8 Å². The Morgan fingerprint density at radius 1 is 0.973 bits per heavy atom. The number of benzene rings is 3. The molecule has 12 heteroatoms. The molecule has 2 N–H and O–H groups in total. The smallest absolute Gasteiger partial charge is 0.343 e. The summed E-state index contributed by atoms with van der Waals surface area (Å²) in [4.78, 5) is 37.0. The average Bonchev–Trinajstić information content (AvgIpc) is 2.88. The zero-order valence-corrected chi connectivity index (χ0v) is 22.7. The minimum Gasteiger partial charge on any atom is -0.493 e. The summed E-state index contributed by atoms with van der Waals surface area (Å²) in [7, 11) is 2.93. The van der Waals surface area contributed by atoms with Crippen molar-refractivity contribution >= 4 is 55.9 Å². The van der Waals surface area contributed by atoms with Gasteiger partial charge in [-0.05, 0) is 64.5 Å². The van der Waals surface area contributed by atoms with E-state index in [2.05, 4.69) is 47.7 Å². The Kier molecular flexibility index (Phi) is 9.75. The number of methoxy groups -OCH3 is 2. The molecule has 0 bridgehead atoms. The number of halogens is 3. The van der Waals surface area contributed by atoms with E-state index in [1.807, 2.05) is 0 Å². The molecule has 37 heavy (non-hydrogen) atoms. The molecule has 0 aliphatic heterocycles. The van der Waals surface area contributed by atoms with Crippen LogP contribution in [0.25, 0.3) is 0 Å². The largest absolute Gasteiger partial charge is 0.493 e. The van der Waals surface area contributed by atoms with Gasteiger partial charge in [-0.25, -0.2) is 14.6 Å². The molecule has 192 valence electrons. The summed E-state index contributed by atoms with van der Waals surface area (Å²) >= 11 is 6.66. The molecule has 0 aliphatic rings. The van der Waals surface area contributed by atoms with Gasteiger partial charge in [0.1, 0.15) is 5.82 Å². The first-order chi connectivity index (χ1) is 17.7. The standard InChI is InChI=1S/C25H20Br2FN3O6/c1-35-20-7-6-14(10-21(20)36-2)24(33)29-13-22(32)31-30-12-16-8-17(26)11-19(27)23(16)37-25(34)15-4-3-5-18(28)9-15/h3-12H,13H2,1-2H3,(H,29,33)(H,31,32)/b30-12-. The first-order valence-electron chi connectivity index (χ1n) is 10.5. The van der Waals surface area contributed by atoms with E-state index in [1.54, 1.807) is 18.2 Å². The Hall–Kier alpha value is -3.77. The molecule has 2 amide bonds. The molecule has 0 aromatic heterocycles. The molecular formula is C25H20Br2FN3O6. The third kappa shape index (κ3) is 7.61. The number of rotatable bonds is 9. The van der Waals surface area contributed by atoms with E-state index in [1.165, 1.54) is 50.8 Å². The fourth-order valence-corrected chi connectivity index (χ4v) is 4.34. The summed E-state index contributed by atoms with van der Waals surface area (Å²) in [5.41, 5.74) is 2.92. The average molecular weight is 637 g/mol. The van der Waals surface area contributed by atoms with Crippen LogP contribution in [-0.2, 0) is 4.79 Å². The van der Waals surface area contributed by atoms with Crippen molar-refractivity contribution in [1.29, 1.82) is 0 Å². The molecule has 0 radical (unpaired) electrons. The van der Waals surface area contributed by atoms with Crippen LogP contribution in [-0.4, -0.2) is 44.8 Å². The number of hydrazone groups is 1. The second-order valence-electron chi connectivity index (χ2n) is 7.25. The van der Waals surface area contributed by atoms with Gasteiger partial charge in [0.25, 0.3) is 11.8 Å². The van der Waals surface area contributed by atoms with Crippen LogP contribution < -0.4 is 25.0 Å². The van der Waals surface area contributed by atoms with E-state index in [0.29, 0.717) is 26.0 Å². The number of nitrogens with one attached hydrogen (secondary N) is 2. The summed E-state index contributed by atoms with van der Waals surface area (Å²) < 4.78 is 30.3. The minimum absolute atomic E-state index is 0.0243. The normalized spacial score (nSPS) is 10.6.